The van der Waals surface area contributed by atoms with E-state index in [0.717, 1.165) is 43.2 Å². The van der Waals surface area contributed by atoms with Gasteiger partial charge in [0.25, 0.3) is 5.91 Å². The molecule has 1 aliphatic rings. The first-order chi connectivity index (χ1) is 14.4. The molecule has 1 atom stereocenters. The van der Waals surface area contributed by atoms with Crippen LogP contribution in [-0.2, 0) is 9.53 Å². The van der Waals surface area contributed by atoms with Crippen molar-refractivity contribution in [1.82, 2.24) is 10.2 Å². The summed E-state index contributed by atoms with van der Waals surface area (Å²) in [4.78, 5) is 15.0. The van der Waals surface area contributed by atoms with Crippen molar-refractivity contribution in [2.24, 2.45) is 0 Å². The van der Waals surface area contributed by atoms with Gasteiger partial charge in [0, 0.05) is 19.6 Å². The van der Waals surface area contributed by atoms with Gasteiger partial charge in [-0.15, -0.1) is 0 Å². The molecule has 0 aliphatic carbocycles. The summed E-state index contributed by atoms with van der Waals surface area (Å²) < 4.78 is 11.4. The molecular formula is C25H34N2O3. The number of amides is 1. The molecule has 3 rings (SSSR count). The zero-order valence-corrected chi connectivity index (χ0v) is 18.6. The number of benzene rings is 2. The average Bonchev–Trinajstić information content (AvgIpc) is 2.74. The summed E-state index contributed by atoms with van der Waals surface area (Å²) >= 11 is 0. The molecule has 1 amide bonds. The van der Waals surface area contributed by atoms with Crippen molar-refractivity contribution in [1.29, 1.82) is 0 Å². The molecule has 0 bridgehead atoms. The zero-order valence-electron chi connectivity index (χ0n) is 18.6. The lowest BCUT2D eigenvalue weighted by Crippen LogP contribution is -2.44. The van der Waals surface area contributed by atoms with Crippen molar-refractivity contribution < 1.29 is 14.3 Å². The molecule has 5 heteroatoms. The number of aryl methyl sites for hydroxylation is 2. The van der Waals surface area contributed by atoms with Crippen LogP contribution < -0.4 is 10.1 Å². The van der Waals surface area contributed by atoms with Gasteiger partial charge in [-0.05, 0) is 42.5 Å². The van der Waals surface area contributed by atoms with Crippen LogP contribution in [0.15, 0.2) is 42.5 Å². The number of carbonyl (C=O) groups excluding carboxylic acids is 1. The van der Waals surface area contributed by atoms with Gasteiger partial charge in [0.15, 0.2) is 6.61 Å². The van der Waals surface area contributed by atoms with Crippen LogP contribution in [-0.4, -0.2) is 50.3 Å². The summed E-state index contributed by atoms with van der Waals surface area (Å²) in [7, 11) is 0. The number of nitrogens with zero attached hydrogens (tertiary/aromatic N) is 1. The van der Waals surface area contributed by atoms with E-state index in [4.69, 9.17) is 9.47 Å². The van der Waals surface area contributed by atoms with Gasteiger partial charge in [0.2, 0.25) is 0 Å². The van der Waals surface area contributed by atoms with Gasteiger partial charge in [-0.25, -0.2) is 0 Å². The summed E-state index contributed by atoms with van der Waals surface area (Å²) in [5.74, 6) is 1.04. The summed E-state index contributed by atoms with van der Waals surface area (Å²) in [6.07, 6.45) is 0. The first kappa shape index (κ1) is 22.3. The molecule has 5 nitrogen and oxygen atoms in total. The largest absolute Gasteiger partial charge is 0.483 e. The highest BCUT2D eigenvalue weighted by Gasteiger charge is 2.23. The Morgan fingerprint density at radius 1 is 1.07 bits per heavy atom. The summed E-state index contributed by atoms with van der Waals surface area (Å²) in [6.45, 7) is 12.1. The van der Waals surface area contributed by atoms with Crippen molar-refractivity contribution in [3.63, 3.8) is 0 Å². The van der Waals surface area contributed by atoms with Crippen molar-refractivity contribution in [3.8, 4) is 5.75 Å². The van der Waals surface area contributed by atoms with E-state index in [2.05, 4.69) is 67.4 Å². The van der Waals surface area contributed by atoms with Crippen molar-refractivity contribution in [2.45, 2.75) is 39.7 Å². The smallest absolute Gasteiger partial charge is 0.258 e. The van der Waals surface area contributed by atoms with Crippen molar-refractivity contribution in [2.75, 3.05) is 39.5 Å². The number of hydrogen-bond donors (Lipinski definition) is 1. The standard InChI is InChI=1S/C25H34N2O3/c1-18(2)22-10-7-20(4)15-24(22)30-17-25(28)26-16-23(27-11-13-29-14-12-27)21-8-5-19(3)6-9-21/h5-10,15,18,23H,11-14,16-17H2,1-4H3,(H,26,28)/t23-/m0/s1. The van der Waals surface area contributed by atoms with Crippen LogP contribution in [0.2, 0.25) is 0 Å². The molecule has 1 aliphatic heterocycles. The first-order valence-electron chi connectivity index (χ1n) is 10.8. The van der Waals surface area contributed by atoms with E-state index >= 15 is 0 Å². The third-order valence-corrected chi connectivity index (χ3v) is 5.59. The van der Waals surface area contributed by atoms with Crippen LogP contribution in [0.1, 0.15) is 48.1 Å². The Morgan fingerprint density at radius 2 is 1.73 bits per heavy atom. The van der Waals surface area contributed by atoms with Crippen molar-refractivity contribution >= 4 is 5.91 Å². The topological polar surface area (TPSA) is 50.8 Å². The maximum Gasteiger partial charge on any atom is 0.258 e. The second kappa shape index (κ2) is 10.6. The highest BCUT2D eigenvalue weighted by Crippen LogP contribution is 2.27. The van der Waals surface area contributed by atoms with Crippen LogP contribution in [0.5, 0.6) is 5.75 Å². The highest BCUT2D eigenvalue weighted by atomic mass is 16.5. The lowest BCUT2D eigenvalue weighted by molar-refractivity contribution is -0.123. The van der Waals surface area contributed by atoms with Gasteiger partial charge in [-0.1, -0.05) is 55.8 Å². The minimum atomic E-state index is -0.100. The minimum Gasteiger partial charge on any atom is -0.483 e. The van der Waals surface area contributed by atoms with Gasteiger partial charge in [0.05, 0.1) is 19.3 Å². The third-order valence-electron chi connectivity index (χ3n) is 5.59. The quantitative estimate of drug-likeness (QED) is 0.715. The average molecular weight is 411 g/mol. The third kappa shape index (κ3) is 6.07. The normalized spacial score (nSPS) is 15.8. The lowest BCUT2D eigenvalue weighted by Gasteiger charge is -2.35. The van der Waals surface area contributed by atoms with E-state index in [1.54, 1.807) is 0 Å². The number of carbonyl (C=O) groups is 1. The number of rotatable bonds is 8. The van der Waals surface area contributed by atoms with E-state index in [1.807, 2.05) is 13.0 Å². The molecule has 1 saturated heterocycles. The molecule has 2 aromatic carbocycles. The van der Waals surface area contributed by atoms with Crippen LogP contribution >= 0.6 is 0 Å². The Morgan fingerprint density at radius 3 is 2.40 bits per heavy atom. The van der Waals surface area contributed by atoms with Gasteiger partial charge in [0.1, 0.15) is 5.75 Å². The second-order valence-corrected chi connectivity index (χ2v) is 8.36. The molecule has 2 aromatic rings. The molecule has 0 aromatic heterocycles. The van der Waals surface area contributed by atoms with E-state index in [0.29, 0.717) is 12.5 Å². The molecular weight excluding hydrogens is 376 g/mol. The van der Waals surface area contributed by atoms with E-state index in [1.165, 1.54) is 11.1 Å². The highest BCUT2D eigenvalue weighted by molar-refractivity contribution is 5.77. The fourth-order valence-electron chi connectivity index (χ4n) is 3.78. The van der Waals surface area contributed by atoms with E-state index in [9.17, 15) is 4.79 Å². The number of nitrogens with one attached hydrogen (secondary N) is 1. The van der Waals surface area contributed by atoms with Crippen LogP contribution in [0, 0.1) is 13.8 Å². The van der Waals surface area contributed by atoms with Crippen molar-refractivity contribution in [3.05, 3.63) is 64.7 Å². The van der Waals surface area contributed by atoms with Crippen LogP contribution in [0.3, 0.4) is 0 Å². The van der Waals surface area contributed by atoms with Gasteiger partial charge in [-0.3, -0.25) is 9.69 Å². The molecule has 0 saturated carbocycles. The van der Waals surface area contributed by atoms with Gasteiger partial charge in [-0.2, -0.15) is 0 Å². The molecule has 0 spiro atoms. The molecule has 1 fully saturated rings. The molecule has 1 heterocycles. The SMILES string of the molecule is Cc1ccc([C@H](CNC(=O)COc2cc(C)ccc2C(C)C)N2CCOCC2)cc1. The maximum absolute atomic E-state index is 12.6. The Labute approximate surface area is 180 Å². The molecule has 30 heavy (non-hydrogen) atoms. The Kier molecular flexibility index (Phi) is 7.88. The summed E-state index contributed by atoms with van der Waals surface area (Å²) in [5.41, 5.74) is 4.70. The minimum absolute atomic E-state index is 0.0207. The summed E-state index contributed by atoms with van der Waals surface area (Å²) in [5, 5.41) is 3.08. The molecule has 1 N–H and O–H groups in total. The fourth-order valence-corrected chi connectivity index (χ4v) is 3.78. The van der Waals surface area contributed by atoms with Crippen LogP contribution in [0.4, 0.5) is 0 Å². The Hall–Kier alpha value is -2.37. The molecule has 0 unspecified atom stereocenters. The predicted molar refractivity (Wildman–Crippen MR) is 120 cm³/mol. The maximum atomic E-state index is 12.6. The van der Waals surface area contributed by atoms with Crippen LogP contribution in [0.25, 0.3) is 0 Å². The number of hydrogen-bond acceptors (Lipinski definition) is 4. The van der Waals surface area contributed by atoms with E-state index < -0.39 is 0 Å². The van der Waals surface area contributed by atoms with Gasteiger partial charge < -0.3 is 14.8 Å². The van der Waals surface area contributed by atoms with Gasteiger partial charge >= 0.3 is 0 Å². The monoisotopic (exact) mass is 410 g/mol. The fraction of sp³-hybridized carbons (Fsp3) is 0.480. The number of ether oxygens (including phenoxy) is 2. The molecule has 0 radical (unpaired) electrons. The lowest BCUT2D eigenvalue weighted by atomic mass is 10.0. The summed E-state index contributed by atoms with van der Waals surface area (Å²) in [6, 6.07) is 14.8. The zero-order chi connectivity index (χ0) is 21.5. The Bertz CT molecular complexity index is 827. The second-order valence-electron chi connectivity index (χ2n) is 8.36. The van der Waals surface area contributed by atoms with E-state index in [-0.39, 0.29) is 18.6 Å². The first-order valence-corrected chi connectivity index (χ1v) is 10.8. The predicted octanol–water partition coefficient (Wildman–Crippen LogP) is 4.00. The Balaban J connectivity index is 1.62. The number of morpholine rings is 1. The molecule has 162 valence electrons.